The zero-order valence-electron chi connectivity index (χ0n) is 10.6. The quantitative estimate of drug-likeness (QED) is 0.706. The minimum Gasteiger partial charge on any atom is -0.465 e. The summed E-state index contributed by atoms with van der Waals surface area (Å²) < 4.78 is 9.71. The monoisotopic (exact) mass is 254 g/mol. The number of hydrogen-bond acceptors (Lipinski definition) is 6. The average Bonchev–Trinajstić information content (AvgIpc) is 2.42. The number of aliphatic hydroxyl groups is 1. The Hall–Kier alpha value is -1.66. The van der Waals surface area contributed by atoms with E-state index >= 15 is 0 Å². The van der Waals surface area contributed by atoms with Crippen molar-refractivity contribution in [2.75, 3.05) is 45.4 Å². The van der Waals surface area contributed by atoms with E-state index in [4.69, 9.17) is 14.6 Å². The number of hydrogen-bond donors (Lipinski definition) is 1. The number of ether oxygens (including phenoxy) is 2. The minimum absolute atomic E-state index is 0.0269. The summed E-state index contributed by atoms with van der Waals surface area (Å²) in [6.45, 7) is 1.38. The molecule has 0 aliphatic rings. The Kier molecular flexibility index (Phi) is 6.10. The van der Waals surface area contributed by atoms with E-state index in [2.05, 4.69) is 4.98 Å². The van der Waals surface area contributed by atoms with Crippen molar-refractivity contribution in [1.82, 2.24) is 4.98 Å². The third-order valence-corrected chi connectivity index (χ3v) is 2.43. The number of methoxy groups -OCH3 is 2. The van der Waals surface area contributed by atoms with Crippen LogP contribution >= 0.6 is 0 Å². The lowest BCUT2D eigenvalue weighted by Crippen LogP contribution is -2.32. The number of anilines is 1. The highest BCUT2D eigenvalue weighted by Gasteiger charge is 2.17. The van der Waals surface area contributed by atoms with Gasteiger partial charge < -0.3 is 19.5 Å². The normalized spacial score (nSPS) is 10.2. The highest BCUT2D eigenvalue weighted by Crippen LogP contribution is 2.17. The summed E-state index contributed by atoms with van der Waals surface area (Å²) in [6.07, 6.45) is 1.60. The van der Waals surface area contributed by atoms with Crippen molar-refractivity contribution in [3.63, 3.8) is 0 Å². The molecule has 1 heterocycles. The highest BCUT2D eigenvalue weighted by atomic mass is 16.5. The maximum atomic E-state index is 11.6. The molecular formula is C12H18N2O4. The van der Waals surface area contributed by atoms with Crippen molar-refractivity contribution in [2.24, 2.45) is 0 Å². The fraction of sp³-hybridized carbons (Fsp3) is 0.500. The van der Waals surface area contributed by atoms with Gasteiger partial charge in [-0.3, -0.25) is 0 Å². The summed E-state index contributed by atoms with van der Waals surface area (Å²) in [5, 5.41) is 9.06. The molecule has 0 aromatic carbocycles. The molecule has 1 rings (SSSR count). The topological polar surface area (TPSA) is 71.9 Å². The van der Waals surface area contributed by atoms with Gasteiger partial charge in [0, 0.05) is 26.4 Å². The van der Waals surface area contributed by atoms with Crippen LogP contribution in [0.25, 0.3) is 0 Å². The van der Waals surface area contributed by atoms with Crippen LogP contribution in [0.2, 0.25) is 0 Å². The zero-order chi connectivity index (χ0) is 13.4. The Morgan fingerprint density at radius 1 is 1.44 bits per heavy atom. The number of carbonyl (C=O) groups excluding carboxylic acids is 1. The lowest BCUT2D eigenvalue weighted by Gasteiger charge is -2.23. The van der Waals surface area contributed by atoms with Crippen LogP contribution in [0.5, 0.6) is 0 Å². The standard InChI is InChI=1S/C12H18N2O4/c1-17-9-7-14(6-8-15)11-10(12(16)18-2)4-3-5-13-11/h3-5,15H,6-9H2,1-2H3. The number of aromatic nitrogens is 1. The molecule has 1 aromatic heterocycles. The molecule has 0 spiro atoms. The van der Waals surface area contributed by atoms with Crippen LogP contribution in [-0.2, 0) is 9.47 Å². The SMILES string of the molecule is COCCN(CCO)c1ncccc1C(=O)OC. The van der Waals surface area contributed by atoms with Crippen molar-refractivity contribution >= 4 is 11.8 Å². The summed E-state index contributed by atoms with van der Waals surface area (Å²) in [7, 11) is 2.92. The van der Waals surface area contributed by atoms with Crippen molar-refractivity contribution in [3.05, 3.63) is 23.9 Å². The third kappa shape index (κ3) is 3.68. The number of aliphatic hydroxyl groups excluding tert-OH is 1. The van der Waals surface area contributed by atoms with Gasteiger partial charge in [-0.1, -0.05) is 0 Å². The van der Waals surface area contributed by atoms with Crippen LogP contribution in [0.1, 0.15) is 10.4 Å². The molecule has 0 aliphatic carbocycles. The van der Waals surface area contributed by atoms with Crippen molar-refractivity contribution < 1.29 is 19.4 Å². The molecular weight excluding hydrogens is 236 g/mol. The van der Waals surface area contributed by atoms with E-state index < -0.39 is 5.97 Å². The Morgan fingerprint density at radius 2 is 2.22 bits per heavy atom. The van der Waals surface area contributed by atoms with Gasteiger partial charge in [0.05, 0.1) is 20.3 Å². The second kappa shape index (κ2) is 7.62. The van der Waals surface area contributed by atoms with Crippen LogP contribution < -0.4 is 4.90 Å². The van der Waals surface area contributed by atoms with E-state index in [0.29, 0.717) is 31.1 Å². The summed E-state index contributed by atoms with van der Waals surface area (Å²) in [5.41, 5.74) is 0.379. The van der Waals surface area contributed by atoms with Gasteiger partial charge in [-0.15, -0.1) is 0 Å². The summed E-state index contributed by atoms with van der Waals surface area (Å²) >= 11 is 0. The van der Waals surface area contributed by atoms with Gasteiger partial charge in [-0.2, -0.15) is 0 Å². The summed E-state index contributed by atoms with van der Waals surface area (Å²) in [5.74, 6) is 0.0499. The van der Waals surface area contributed by atoms with Gasteiger partial charge in [0.25, 0.3) is 0 Å². The highest BCUT2D eigenvalue weighted by molar-refractivity contribution is 5.94. The molecule has 0 atom stereocenters. The molecule has 0 amide bonds. The second-order valence-corrected chi connectivity index (χ2v) is 3.57. The summed E-state index contributed by atoms with van der Waals surface area (Å²) in [6, 6.07) is 3.31. The molecule has 0 unspecified atom stereocenters. The molecule has 6 nitrogen and oxygen atoms in total. The van der Waals surface area contributed by atoms with Crippen LogP contribution in [0.15, 0.2) is 18.3 Å². The van der Waals surface area contributed by atoms with Crippen molar-refractivity contribution in [1.29, 1.82) is 0 Å². The van der Waals surface area contributed by atoms with Gasteiger partial charge in [-0.05, 0) is 12.1 Å². The molecule has 1 N–H and O–H groups in total. The first kappa shape index (κ1) is 14.4. The fourth-order valence-corrected chi connectivity index (χ4v) is 1.56. The molecule has 6 heteroatoms. The molecule has 0 aliphatic heterocycles. The van der Waals surface area contributed by atoms with Crippen molar-refractivity contribution in [2.45, 2.75) is 0 Å². The number of rotatable bonds is 7. The average molecular weight is 254 g/mol. The second-order valence-electron chi connectivity index (χ2n) is 3.57. The Balaban J connectivity index is 2.98. The number of nitrogens with zero attached hydrogens (tertiary/aromatic N) is 2. The van der Waals surface area contributed by atoms with E-state index in [-0.39, 0.29) is 6.61 Å². The summed E-state index contributed by atoms with van der Waals surface area (Å²) in [4.78, 5) is 17.6. The van der Waals surface area contributed by atoms with E-state index in [9.17, 15) is 4.79 Å². The molecule has 0 bridgehead atoms. The molecule has 18 heavy (non-hydrogen) atoms. The van der Waals surface area contributed by atoms with Gasteiger partial charge in [0.1, 0.15) is 11.4 Å². The predicted octanol–water partition coefficient (Wildman–Crippen LogP) is 0.313. The maximum absolute atomic E-state index is 11.6. The Labute approximate surface area is 106 Å². The largest absolute Gasteiger partial charge is 0.465 e. The minimum atomic E-state index is -0.446. The van der Waals surface area contributed by atoms with Gasteiger partial charge >= 0.3 is 5.97 Å². The van der Waals surface area contributed by atoms with Gasteiger partial charge in [-0.25, -0.2) is 9.78 Å². The van der Waals surface area contributed by atoms with E-state index in [0.717, 1.165) is 0 Å². The van der Waals surface area contributed by atoms with E-state index in [1.807, 2.05) is 0 Å². The lowest BCUT2D eigenvalue weighted by atomic mass is 10.2. The molecule has 0 saturated carbocycles. The first-order chi connectivity index (χ1) is 8.74. The van der Waals surface area contributed by atoms with Crippen LogP contribution in [-0.4, -0.2) is 56.6 Å². The first-order valence-electron chi connectivity index (χ1n) is 5.62. The molecule has 0 radical (unpaired) electrons. The Bertz CT molecular complexity index is 384. The predicted molar refractivity (Wildman–Crippen MR) is 66.8 cm³/mol. The van der Waals surface area contributed by atoms with Crippen molar-refractivity contribution in [3.8, 4) is 0 Å². The molecule has 1 aromatic rings. The van der Waals surface area contributed by atoms with Crippen LogP contribution in [0.4, 0.5) is 5.82 Å². The van der Waals surface area contributed by atoms with E-state index in [1.54, 1.807) is 30.3 Å². The third-order valence-electron chi connectivity index (χ3n) is 2.43. The molecule has 0 saturated heterocycles. The van der Waals surface area contributed by atoms with Gasteiger partial charge in [0.15, 0.2) is 0 Å². The molecule has 0 fully saturated rings. The Morgan fingerprint density at radius 3 is 2.83 bits per heavy atom. The fourth-order valence-electron chi connectivity index (χ4n) is 1.56. The van der Waals surface area contributed by atoms with Crippen LogP contribution in [0, 0.1) is 0 Å². The lowest BCUT2D eigenvalue weighted by molar-refractivity contribution is 0.0600. The number of pyridine rings is 1. The van der Waals surface area contributed by atoms with E-state index in [1.165, 1.54) is 7.11 Å². The number of carbonyl (C=O) groups is 1. The zero-order valence-corrected chi connectivity index (χ0v) is 10.6. The molecule has 100 valence electrons. The first-order valence-corrected chi connectivity index (χ1v) is 5.62. The van der Waals surface area contributed by atoms with Crippen LogP contribution in [0.3, 0.4) is 0 Å². The van der Waals surface area contributed by atoms with Gasteiger partial charge in [0.2, 0.25) is 0 Å². The number of esters is 1. The smallest absolute Gasteiger partial charge is 0.341 e. The maximum Gasteiger partial charge on any atom is 0.341 e.